The van der Waals surface area contributed by atoms with Crippen LogP contribution in [0.15, 0.2) is 61.1 Å². The molecule has 0 amide bonds. The van der Waals surface area contributed by atoms with Gasteiger partial charge in [-0.25, -0.2) is 15.0 Å². The third-order valence-corrected chi connectivity index (χ3v) is 4.13. The van der Waals surface area contributed by atoms with Crippen molar-refractivity contribution < 1.29 is 13.2 Å². The van der Waals surface area contributed by atoms with E-state index in [0.29, 0.717) is 22.5 Å². The summed E-state index contributed by atoms with van der Waals surface area (Å²) in [5, 5.41) is 3.85. The van der Waals surface area contributed by atoms with E-state index in [1.54, 1.807) is 24.5 Å². The molecule has 4 aromatic heterocycles. The third kappa shape index (κ3) is 3.48. The minimum atomic E-state index is -4.52. The highest BCUT2D eigenvalue weighted by molar-refractivity contribution is 5.91. The van der Waals surface area contributed by atoms with Gasteiger partial charge in [0.05, 0.1) is 16.9 Å². The summed E-state index contributed by atoms with van der Waals surface area (Å²) in [6, 6.07) is 10.9. The minimum Gasteiger partial charge on any atom is -0.340 e. The molecule has 0 unspecified atom stereocenters. The number of nitrogens with zero attached hydrogens (tertiary/aromatic N) is 4. The maximum absolute atomic E-state index is 13.3. The van der Waals surface area contributed by atoms with Crippen LogP contribution in [0.1, 0.15) is 11.1 Å². The van der Waals surface area contributed by atoms with E-state index in [1.165, 1.54) is 18.3 Å². The fourth-order valence-electron chi connectivity index (χ4n) is 2.79. The molecule has 4 rings (SSSR count). The molecule has 0 fully saturated rings. The van der Waals surface area contributed by atoms with Gasteiger partial charge in [-0.05, 0) is 48.9 Å². The van der Waals surface area contributed by atoms with E-state index < -0.39 is 11.7 Å². The van der Waals surface area contributed by atoms with Crippen LogP contribution in [0.5, 0.6) is 0 Å². The molecule has 0 aromatic carbocycles. The van der Waals surface area contributed by atoms with Gasteiger partial charge in [-0.3, -0.25) is 4.98 Å². The van der Waals surface area contributed by atoms with E-state index in [2.05, 4.69) is 25.3 Å². The van der Waals surface area contributed by atoms with Crippen molar-refractivity contribution in [1.29, 1.82) is 0 Å². The van der Waals surface area contributed by atoms with Crippen LogP contribution >= 0.6 is 0 Å². The maximum Gasteiger partial charge on any atom is 0.418 e. The summed E-state index contributed by atoms with van der Waals surface area (Å²) in [5.74, 6) is 0.645. The maximum atomic E-state index is 13.3. The molecule has 1 N–H and O–H groups in total. The van der Waals surface area contributed by atoms with E-state index in [-0.39, 0.29) is 11.4 Å². The van der Waals surface area contributed by atoms with E-state index in [1.807, 2.05) is 19.1 Å². The second-order valence-electron chi connectivity index (χ2n) is 6.17. The summed E-state index contributed by atoms with van der Waals surface area (Å²) >= 11 is 0. The number of hydrogen-bond donors (Lipinski definition) is 1. The summed E-state index contributed by atoms with van der Waals surface area (Å²) < 4.78 is 39.8. The van der Waals surface area contributed by atoms with E-state index in [9.17, 15) is 13.2 Å². The number of nitrogens with one attached hydrogen (secondary N) is 1. The monoisotopic (exact) mass is 381 g/mol. The predicted molar refractivity (Wildman–Crippen MR) is 100 cm³/mol. The van der Waals surface area contributed by atoms with Crippen LogP contribution in [0.25, 0.3) is 22.4 Å². The number of halogens is 3. The van der Waals surface area contributed by atoms with Gasteiger partial charge < -0.3 is 5.32 Å². The van der Waals surface area contributed by atoms with Crippen LogP contribution in [-0.2, 0) is 6.18 Å². The molecule has 0 spiro atoms. The first-order chi connectivity index (χ1) is 13.4. The van der Waals surface area contributed by atoms with E-state index >= 15 is 0 Å². The summed E-state index contributed by atoms with van der Waals surface area (Å²) in [5.41, 5.74) is 1.11. The Morgan fingerprint density at radius 3 is 2.50 bits per heavy atom. The predicted octanol–water partition coefficient (Wildman–Crippen LogP) is 5.16. The fraction of sp³-hybridized carbons (Fsp3) is 0.100. The highest BCUT2D eigenvalue weighted by Gasteiger charge is 2.34. The second kappa shape index (κ2) is 6.88. The molecule has 5 nitrogen and oxygen atoms in total. The van der Waals surface area contributed by atoms with Gasteiger partial charge in [-0.15, -0.1) is 0 Å². The molecule has 0 aliphatic heterocycles. The Labute approximate surface area is 158 Å². The number of pyridine rings is 4. The zero-order chi connectivity index (χ0) is 19.7. The lowest BCUT2D eigenvalue weighted by Crippen LogP contribution is -2.08. The average molecular weight is 381 g/mol. The Bertz CT molecular complexity index is 1140. The van der Waals surface area contributed by atoms with Gasteiger partial charge in [0, 0.05) is 24.0 Å². The van der Waals surface area contributed by atoms with Crippen LogP contribution in [0.3, 0.4) is 0 Å². The normalized spacial score (nSPS) is 11.6. The van der Waals surface area contributed by atoms with Crippen molar-refractivity contribution in [2.24, 2.45) is 0 Å². The van der Waals surface area contributed by atoms with Gasteiger partial charge in [0.25, 0.3) is 0 Å². The Kier molecular flexibility index (Phi) is 4.38. The van der Waals surface area contributed by atoms with Crippen LogP contribution in [0.4, 0.5) is 24.7 Å². The van der Waals surface area contributed by atoms with Crippen LogP contribution < -0.4 is 5.32 Å². The topological polar surface area (TPSA) is 63.6 Å². The number of fused-ring (bicyclic) bond motifs is 1. The van der Waals surface area contributed by atoms with Gasteiger partial charge >= 0.3 is 6.18 Å². The summed E-state index contributed by atoms with van der Waals surface area (Å²) in [4.78, 5) is 16.7. The molecule has 0 saturated carbocycles. The smallest absolute Gasteiger partial charge is 0.340 e. The van der Waals surface area contributed by atoms with Crippen molar-refractivity contribution in [3.63, 3.8) is 0 Å². The molecule has 28 heavy (non-hydrogen) atoms. The molecule has 4 aromatic rings. The number of aromatic nitrogens is 4. The van der Waals surface area contributed by atoms with Gasteiger partial charge in [0.15, 0.2) is 5.65 Å². The Morgan fingerprint density at radius 2 is 1.75 bits per heavy atom. The zero-order valence-electron chi connectivity index (χ0n) is 14.7. The zero-order valence-corrected chi connectivity index (χ0v) is 14.7. The largest absolute Gasteiger partial charge is 0.418 e. The Morgan fingerprint density at radius 1 is 0.893 bits per heavy atom. The van der Waals surface area contributed by atoms with Crippen molar-refractivity contribution in [3.8, 4) is 11.4 Å². The third-order valence-electron chi connectivity index (χ3n) is 4.13. The second-order valence-corrected chi connectivity index (χ2v) is 6.17. The number of aryl methyl sites for hydroxylation is 1. The van der Waals surface area contributed by atoms with E-state index in [4.69, 9.17) is 0 Å². The van der Waals surface area contributed by atoms with Crippen molar-refractivity contribution in [3.05, 3.63) is 72.2 Å². The minimum absolute atomic E-state index is 0.110. The van der Waals surface area contributed by atoms with Crippen molar-refractivity contribution in [2.75, 3.05) is 5.32 Å². The van der Waals surface area contributed by atoms with Crippen molar-refractivity contribution in [1.82, 2.24) is 19.9 Å². The summed E-state index contributed by atoms with van der Waals surface area (Å²) in [6.45, 7) is 1.94. The lowest BCUT2D eigenvalue weighted by molar-refractivity contribution is -0.137. The number of alkyl halides is 3. The molecule has 4 heterocycles. The standard InChI is InChI=1S/C20H14F3N5/c1-12-4-7-17(26-11-12)27-15-8-10-25-19-13(15)5-6-16(28-19)18-14(20(21,22)23)3-2-9-24-18/h2-11H,1H3,(H,25,26,27,28). The lowest BCUT2D eigenvalue weighted by atomic mass is 10.1. The Hall–Kier alpha value is -3.55. The number of rotatable bonds is 3. The van der Waals surface area contributed by atoms with Crippen molar-refractivity contribution in [2.45, 2.75) is 13.1 Å². The van der Waals surface area contributed by atoms with E-state index in [0.717, 1.165) is 11.6 Å². The van der Waals surface area contributed by atoms with Gasteiger partial charge in [0.1, 0.15) is 11.5 Å². The first-order valence-electron chi connectivity index (χ1n) is 8.40. The number of hydrogen-bond acceptors (Lipinski definition) is 5. The average Bonchev–Trinajstić information content (AvgIpc) is 2.69. The molecule has 0 radical (unpaired) electrons. The molecular formula is C20H14F3N5. The molecular weight excluding hydrogens is 367 g/mol. The highest BCUT2D eigenvalue weighted by atomic mass is 19.4. The molecule has 0 aliphatic carbocycles. The van der Waals surface area contributed by atoms with Gasteiger partial charge in [-0.2, -0.15) is 13.2 Å². The molecule has 8 heteroatoms. The molecule has 0 saturated heterocycles. The van der Waals surface area contributed by atoms with Crippen LogP contribution in [0, 0.1) is 6.92 Å². The van der Waals surface area contributed by atoms with Gasteiger partial charge in [0.2, 0.25) is 0 Å². The molecule has 140 valence electrons. The quantitative estimate of drug-likeness (QED) is 0.531. The number of anilines is 2. The van der Waals surface area contributed by atoms with Crippen LogP contribution in [-0.4, -0.2) is 19.9 Å². The Balaban J connectivity index is 1.77. The van der Waals surface area contributed by atoms with Crippen LogP contribution in [0.2, 0.25) is 0 Å². The molecule has 0 atom stereocenters. The first kappa shape index (κ1) is 17.8. The fourth-order valence-corrected chi connectivity index (χ4v) is 2.79. The SMILES string of the molecule is Cc1ccc(Nc2ccnc3nc(-c4ncccc4C(F)(F)F)ccc23)nc1. The highest BCUT2D eigenvalue weighted by Crippen LogP contribution is 2.35. The summed E-state index contributed by atoms with van der Waals surface area (Å²) in [6.07, 6.45) is 0.0691. The first-order valence-corrected chi connectivity index (χ1v) is 8.40. The summed E-state index contributed by atoms with van der Waals surface area (Å²) in [7, 11) is 0. The molecule has 0 aliphatic rings. The van der Waals surface area contributed by atoms with Crippen molar-refractivity contribution >= 4 is 22.5 Å². The lowest BCUT2D eigenvalue weighted by Gasteiger charge is -2.12. The van der Waals surface area contributed by atoms with Gasteiger partial charge in [-0.1, -0.05) is 6.07 Å². The molecule has 0 bridgehead atoms.